The molecule has 0 unspecified atom stereocenters. The molecule has 0 radical (unpaired) electrons. The van der Waals surface area contributed by atoms with Gasteiger partial charge in [-0.3, -0.25) is 9.48 Å². The van der Waals surface area contributed by atoms with E-state index in [2.05, 4.69) is 15.4 Å². The lowest BCUT2D eigenvalue weighted by atomic mass is 10.0. The number of para-hydroxylation sites is 1. The fraction of sp³-hybridized carbons (Fsp3) is 0.174. The first-order valence-corrected chi connectivity index (χ1v) is 9.53. The van der Waals surface area contributed by atoms with Crippen LogP contribution in [0.5, 0.6) is 5.88 Å². The number of aromatic nitrogens is 3. The zero-order valence-corrected chi connectivity index (χ0v) is 16.9. The molecule has 2 aromatic carbocycles. The van der Waals surface area contributed by atoms with Gasteiger partial charge in [-0.25, -0.2) is 9.37 Å². The molecule has 2 heterocycles. The molecule has 0 aliphatic rings. The number of nitrogens with one attached hydrogen (secondary N) is 1. The number of carbonyl (C=O) groups excluding carboxylic acids is 1. The highest BCUT2D eigenvalue weighted by atomic mass is 19.1. The van der Waals surface area contributed by atoms with E-state index in [-0.39, 0.29) is 17.6 Å². The second-order valence-electron chi connectivity index (χ2n) is 7.24. The maximum atomic E-state index is 13.2. The molecule has 0 atom stereocenters. The summed E-state index contributed by atoms with van der Waals surface area (Å²) < 4.78 is 14.9. The molecule has 4 aromatic rings. The van der Waals surface area contributed by atoms with E-state index in [9.17, 15) is 14.3 Å². The van der Waals surface area contributed by atoms with Crippen molar-refractivity contribution in [1.82, 2.24) is 14.8 Å². The van der Waals surface area contributed by atoms with E-state index in [0.717, 1.165) is 11.3 Å². The number of carbonyl (C=O) groups is 1. The number of hydrogen-bond acceptors (Lipinski definition) is 4. The molecule has 0 saturated heterocycles. The van der Waals surface area contributed by atoms with Gasteiger partial charge in [0.1, 0.15) is 5.82 Å². The van der Waals surface area contributed by atoms with E-state index in [0.29, 0.717) is 40.0 Å². The van der Waals surface area contributed by atoms with Crippen LogP contribution in [0.15, 0.2) is 48.5 Å². The fourth-order valence-corrected chi connectivity index (χ4v) is 3.56. The summed E-state index contributed by atoms with van der Waals surface area (Å²) in [5, 5.41) is 18.3. The van der Waals surface area contributed by atoms with Gasteiger partial charge in [0.25, 0.3) is 5.91 Å². The molecule has 0 saturated carbocycles. The zero-order valence-electron chi connectivity index (χ0n) is 16.9. The number of rotatable bonds is 4. The third kappa shape index (κ3) is 3.50. The van der Waals surface area contributed by atoms with Gasteiger partial charge in [-0.05, 0) is 44.5 Å². The van der Waals surface area contributed by atoms with Crippen molar-refractivity contribution in [3.05, 3.63) is 82.4 Å². The Bertz CT molecular complexity index is 1260. The van der Waals surface area contributed by atoms with Crippen molar-refractivity contribution < 1.29 is 14.3 Å². The van der Waals surface area contributed by atoms with Crippen molar-refractivity contribution in [2.24, 2.45) is 0 Å². The minimum atomic E-state index is -0.339. The van der Waals surface area contributed by atoms with Crippen LogP contribution < -0.4 is 5.32 Å². The second-order valence-corrected chi connectivity index (χ2v) is 7.24. The van der Waals surface area contributed by atoms with Gasteiger partial charge < -0.3 is 10.4 Å². The number of nitrogens with zero attached hydrogens (tertiary/aromatic N) is 3. The summed E-state index contributed by atoms with van der Waals surface area (Å²) in [5.74, 6) is -0.795. The maximum absolute atomic E-state index is 13.2. The fourth-order valence-electron chi connectivity index (χ4n) is 3.56. The van der Waals surface area contributed by atoms with Crippen molar-refractivity contribution in [1.29, 1.82) is 0 Å². The van der Waals surface area contributed by atoms with Crippen molar-refractivity contribution in [2.75, 3.05) is 5.32 Å². The standard InChI is InChI=1S/C23H21FN4O2/c1-13-20(18-6-4-5-7-19(18)25-22(13)29)23(30)26-21-14(2)27-28(15(21)3)12-16-8-10-17(24)11-9-16/h4-11H,12H2,1-3H3,(H,25,29)(H,26,30). The van der Waals surface area contributed by atoms with Crippen LogP contribution in [0.2, 0.25) is 0 Å². The van der Waals surface area contributed by atoms with E-state index < -0.39 is 0 Å². The molecule has 0 aliphatic carbocycles. The number of benzene rings is 2. The van der Waals surface area contributed by atoms with E-state index in [1.54, 1.807) is 41.9 Å². The molecule has 4 rings (SSSR count). The predicted molar refractivity (Wildman–Crippen MR) is 113 cm³/mol. The van der Waals surface area contributed by atoms with Crippen molar-refractivity contribution in [2.45, 2.75) is 27.3 Å². The SMILES string of the molecule is Cc1nn(Cc2ccc(F)cc2)c(C)c1NC(=O)c1c(C)c(O)nc2ccccc12. The van der Waals surface area contributed by atoms with Crippen LogP contribution in [-0.4, -0.2) is 25.8 Å². The maximum Gasteiger partial charge on any atom is 0.256 e. The molecule has 1 amide bonds. The van der Waals surface area contributed by atoms with E-state index in [4.69, 9.17) is 0 Å². The topological polar surface area (TPSA) is 80.0 Å². The molecule has 2 aromatic heterocycles. The number of hydrogen-bond donors (Lipinski definition) is 2. The Morgan fingerprint density at radius 2 is 1.80 bits per heavy atom. The normalized spacial score (nSPS) is 11.1. The van der Waals surface area contributed by atoms with Gasteiger partial charge in [-0.15, -0.1) is 0 Å². The first kappa shape index (κ1) is 19.6. The molecular formula is C23H21FN4O2. The summed E-state index contributed by atoms with van der Waals surface area (Å²) in [6.45, 7) is 5.81. The summed E-state index contributed by atoms with van der Waals surface area (Å²) in [6, 6.07) is 13.4. The number of aryl methyl sites for hydroxylation is 1. The lowest BCUT2D eigenvalue weighted by Gasteiger charge is -2.12. The van der Waals surface area contributed by atoms with E-state index in [1.807, 2.05) is 19.9 Å². The van der Waals surface area contributed by atoms with Gasteiger partial charge in [0.05, 0.1) is 34.7 Å². The number of pyridine rings is 1. The third-order valence-corrected chi connectivity index (χ3v) is 5.20. The molecule has 0 aliphatic heterocycles. The Hall–Kier alpha value is -3.74. The van der Waals surface area contributed by atoms with E-state index in [1.165, 1.54) is 12.1 Å². The number of amides is 1. The molecular weight excluding hydrogens is 383 g/mol. The van der Waals surface area contributed by atoms with Crippen LogP contribution >= 0.6 is 0 Å². The minimum Gasteiger partial charge on any atom is -0.493 e. The molecule has 6 nitrogen and oxygen atoms in total. The van der Waals surface area contributed by atoms with Crippen molar-refractivity contribution >= 4 is 22.5 Å². The van der Waals surface area contributed by atoms with Gasteiger partial charge in [-0.2, -0.15) is 5.10 Å². The number of anilines is 1. The Morgan fingerprint density at radius 3 is 2.53 bits per heavy atom. The number of aromatic hydroxyl groups is 1. The summed E-state index contributed by atoms with van der Waals surface area (Å²) in [4.78, 5) is 17.3. The molecule has 0 spiro atoms. The van der Waals surface area contributed by atoms with Gasteiger partial charge in [-0.1, -0.05) is 30.3 Å². The molecule has 30 heavy (non-hydrogen) atoms. The van der Waals surface area contributed by atoms with Crippen LogP contribution in [0.1, 0.15) is 32.9 Å². The van der Waals surface area contributed by atoms with Crippen molar-refractivity contribution in [3.63, 3.8) is 0 Å². The minimum absolute atomic E-state index is 0.167. The third-order valence-electron chi connectivity index (χ3n) is 5.20. The molecule has 7 heteroatoms. The van der Waals surface area contributed by atoms with Gasteiger partial charge in [0.2, 0.25) is 5.88 Å². The van der Waals surface area contributed by atoms with Crippen LogP contribution in [0.4, 0.5) is 10.1 Å². The Kier molecular flexibility index (Phi) is 4.95. The Balaban J connectivity index is 1.68. The quantitative estimate of drug-likeness (QED) is 0.525. The molecule has 0 fully saturated rings. The van der Waals surface area contributed by atoms with Crippen LogP contribution in [0, 0.1) is 26.6 Å². The smallest absolute Gasteiger partial charge is 0.256 e. The summed E-state index contributed by atoms with van der Waals surface area (Å²) in [6.07, 6.45) is 0. The average molecular weight is 404 g/mol. The Morgan fingerprint density at radius 1 is 1.10 bits per heavy atom. The second kappa shape index (κ2) is 7.59. The first-order valence-electron chi connectivity index (χ1n) is 9.53. The zero-order chi connectivity index (χ0) is 21.4. The highest BCUT2D eigenvalue weighted by Gasteiger charge is 2.21. The van der Waals surface area contributed by atoms with Crippen molar-refractivity contribution in [3.8, 4) is 5.88 Å². The highest BCUT2D eigenvalue weighted by molar-refractivity contribution is 6.14. The summed E-state index contributed by atoms with van der Waals surface area (Å²) >= 11 is 0. The van der Waals surface area contributed by atoms with Crippen LogP contribution in [0.25, 0.3) is 10.9 Å². The van der Waals surface area contributed by atoms with Gasteiger partial charge in [0, 0.05) is 10.9 Å². The number of halogens is 1. The lowest BCUT2D eigenvalue weighted by molar-refractivity contribution is 0.102. The summed E-state index contributed by atoms with van der Waals surface area (Å²) in [5.41, 5.74) is 4.31. The molecule has 152 valence electrons. The van der Waals surface area contributed by atoms with Gasteiger partial charge >= 0.3 is 0 Å². The molecule has 0 bridgehead atoms. The highest BCUT2D eigenvalue weighted by Crippen LogP contribution is 2.28. The number of fused-ring (bicyclic) bond motifs is 1. The monoisotopic (exact) mass is 404 g/mol. The largest absolute Gasteiger partial charge is 0.493 e. The van der Waals surface area contributed by atoms with E-state index >= 15 is 0 Å². The molecule has 2 N–H and O–H groups in total. The van der Waals surface area contributed by atoms with Gasteiger partial charge in [0.15, 0.2) is 0 Å². The average Bonchev–Trinajstić information content (AvgIpc) is 2.98. The van der Waals surface area contributed by atoms with Crippen LogP contribution in [-0.2, 0) is 6.54 Å². The summed E-state index contributed by atoms with van der Waals surface area (Å²) in [7, 11) is 0. The predicted octanol–water partition coefficient (Wildman–Crippen LogP) is 4.50. The van der Waals surface area contributed by atoms with Crippen LogP contribution in [0.3, 0.4) is 0 Å². The lowest BCUT2D eigenvalue weighted by Crippen LogP contribution is -2.16. The first-order chi connectivity index (χ1) is 14.3. The Labute approximate surface area is 173 Å².